The number of nitrogens with one attached hydrogen (secondary N) is 3. The van der Waals surface area contributed by atoms with Crippen molar-refractivity contribution in [1.29, 1.82) is 0 Å². The number of hydrogen-bond donors (Lipinski definition) is 3. The van der Waals surface area contributed by atoms with Gasteiger partial charge in [-0.3, -0.25) is 24.0 Å². The second-order valence-electron chi connectivity index (χ2n) is 11.8. The minimum atomic E-state index is -1.34. The molecule has 11 heteroatoms. The Bertz CT molecular complexity index is 1180. The van der Waals surface area contributed by atoms with Gasteiger partial charge in [-0.15, -0.1) is 0 Å². The first-order valence-corrected chi connectivity index (χ1v) is 15.2. The van der Waals surface area contributed by atoms with Gasteiger partial charge in [0.2, 0.25) is 23.6 Å². The first kappa shape index (κ1) is 31.2. The predicted octanol–water partition coefficient (Wildman–Crippen LogP) is 1.48. The normalized spacial score (nSPS) is 27.2. The zero-order valence-electron chi connectivity index (χ0n) is 24.7. The molecular weight excluding hydrogens is 538 g/mol. The molecule has 11 nitrogen and oxygen atoms in total. The van der Waals surface area contributed by atoms with E-state index in [4.69, 9.17) is 0 Å². The number of carbonyl (C=O) groups is 6. The molecule has 0 radical (unpaired) electrons. The largest absolute Gasteiger partial charge is 0.343 e. The molecule has 5 amide bonds. The van der Waals surface area contributed by atoms with Crippen molar-refractivity contribution in [3.63, 3.8) is 0 Å². The third-order valence-electron chi connectivity index (χ3n) is 8.78. The molecule has 3 heterocycles. The van der Waals surface area contributed by atoms with Crippen molar-refractivity contribution in [1.82, 2.24) is 25.8 Å². The van der Waals surface area contributed by atoms with E-state index < -0.39 is 41.4 Å². The van der Waals surface area contributed by atoms with Crippen LogP contribution in [0.25, 0.3) is 0 Å². The smallest absolute Gasteiger partial charge is 0.253 e. The highest BCUT2D eigenvalue weighted by atomic mass is 16.2. The maximum atomic E-state index is 13.9. The quantitative estimate of drug-likeness (QED) is 0.313. The minimum Gasteiger partial charge on any atom is -0.343 e. The highest BCUT2D eigenvalue weighted by Gasteiger charge is 2.43. The molecule has 0 aliphatic carbocycles. The fourth-order valence-corrected chi connectivity index (χ4v) is 5.93. The summed E-state index contributed by atoms with van der Waals surface area (Å²) in [6.45, 7) is 5.22. The maximum Gasteiger partial charge on any atom is 0.253 e. The summed E-state index contributed by atoms with van der Waals surface area (Å²) in [6.07, 6.45) is 6.24. The highest BCUT2D eigenvalue weighted by molar-refractivity contribution is 5.99. The number of nitrogens with zero attached hydrogens (tertiary/aromatic N) is 2. The van der Waals surface area contributed by atoms with E-state index in [9.17, 15) is 28.8 Å². The van der Waals surface area contributed by atoms with Gasteiger partial charge < -0.3 is 30.5 Å². The molecule has 3 aliphatic heterocycles. The minimum absolute atomic E-state index is 0.0125. The van der Waals surface area contributed by atoms with Gasteiger partial charge in [0.05, 0.1) is 0 Å². The van der Waals surface area contributed by atoms with Crippen LogP contribution in [0.1, 0.15) is 87.6 Å². The van der Waals surface area contributed by atoms with Gasteiger partial charge in [0, 0.05) is 38.0 Å². The predicted molar refractivity (Wildman–Crippen MR) is 155 cm³/mol. The van der Waals surface area contributed by atoms with Crippen molar-refractivity contribution < 1.29 is 28.8 Å². The van der Waals surface area contributed by atoms with Crippen LogP contribution in [0.5, 0.6) is 0 Å². The Morgan fingerprint density at radius 2 is 1.67 bits per heavy atom. The van der Waals surface area contributed by atoms with E-state index in [1.807, 2.05) is 4.90 Å². The molecule has 0 saturated carbocycles. The first-order valence-electron chi connectivity index (χ1n) is 15.2. The molecule has 0 spiro atoms. The average molecular weight is 582 g/mol. The number of unbranched alkanes of at least 4 members (excludes halogenated alkanes) is 1. The summed E-state index contributed by atoms with van der Waals surface area (Å²) in [5.74, 6) is -1.80. The van der Waals surface area contributed by atoms with Crippen LogP contribution >= 0.6 is 0 Å². The Hall–Kier alpha value is -3.76. The zero-order valence-corrected chi connectivity index (χ0v) is 24.7. The van der Waals surface area contributed by atoms with Gasteiger partial charge in [-0.05, 0) is 76.0 Å². The number of hydrogen-bond acceptors (Lipinski definition) is 6. The molecular formula is C31H43N5O6. The zero-order chi connectivity index (χ0) is 30.3. The number of likely N-dealkylation sites (tertiary alicyclic amines) is 1. The maximum absolute atomic E-state index is 13.9. The Morgan fingerprint density at radius 1 is 0.952 bits per heavy atom. The fourth-order valence-electron chi connectivity index (χ4n) is 5.93. The van der Waals surface area contributed by atoms with Crippen LogP contribution in [0.4, 0.5) is 0 Å². The summed E-state index contributed by atoms with van der Waals surface area (Å²) < 4.78 is 0. The van der Waals surface area contributed by atoms with Crippen molar-refractivity contribution in [2.24, 2.45) is 0 Å². The van der Waals surface area contributed by atoms with Gasteiger partial charge >= 0.3 is 0 Å². The Labute approximate surface area is 247 Å². The molecule has 0 unspecified atom stereocenters. The van der Waals surface area contributed by atoms with Crippen molar-refractivity contribution in [3.05, 3.63) is 35.4 Å². The van der Waals surface area contributed by atoms with E-state index in [2.05, 4.69) is 16.0 Å². The Morgan fingerprint density at radius 3 is 2.33 bits per heavy atom. The number of aldehydes is 1. The second-order valence-corrected chi connectivity index (χ2v) is 11.8. The standard InChI is InChI=1S/C31H43N5O6/c1-3-31(2)30(42)33-24(20-21-12-14-22(15-13-21)28(40)35-16-6-4-7-17-35)29(41)36-18-9-11-25(36)27(39)32-23(26(38)34-31)10-5-8-19-37/h12-15,19,23-25H,3-11,16-18,20H2,1-2H3,(H,32,39)(H,33,42)(H,34,38)/t23-,24-,25+,31-/m0/s1. The Kier molecular flexibility index (Phi) is 10.3. The van der Waals surface area contributed by atoms with E-state index >= 15 is 0 Å². The van der Waals surface area contributed by atoms with Crippen molar-refractivity contribution in [2.75, 3.05) is 19.6 Å². The van der Waals surface area contributed by atoms with Crippen LogP contribution in [0.2, 0.25) is 0 Å². The summed E-state index contributed by atoms with van der Waals surface area (Å²) in [5.41, 5.74) is 0.000897. The molecule has 3 aliphatic rings. The van der Waals surface area contributed by atoms with Crippen LogP contribution in [-0.2, 0) is 30.4 Å². The number of benzene rings is 1. The molecule has 1 aromatic rings. The SMILES string of the molecule is CC[C@]1(C)NC(=O)[C@H](CCCC=O)NC(=O)[C@H]2CCCN2C(=O)[C@H](Cc2ccc(C(=O)N3CCCCC3)cc2)NC1=O. The fraction of sp³-hybridized carbons (Fsp3) is 0.613. The lowest BCUT2D eigenvalue weighted by atomic mass is 9.94. The second kappa shape index (κ2) is 13.9. The van der Waals surface area contributed by atoms with Gasteiger partial charge in [-0.2, -0.15) is 0 Å². The Balaban J connectivity index is 1.58. The third-order valence-corrected chi connectivity index (χ3v) is 8.78. The van der Waals surface area contributed by atoms with E-state index in [0.717, 1.165) is 44.2 Å². The van der Waals surface area contributed by atoms with E-state index in [1.165, 1.54) is 4.90 Å². The van der Waals surface area contributed by atoms with Gasteiger partial charge in [-0.25, -0.2) is 0 Å². The number of piperidine rings is 1. The number of fused-ring (bicyclic) bond motifs is 1. The summed E-state index contributed by atoms with van der Waals surface area (Å²) in [5, 5.41) is 8.47. The van der Waals surface area contributed by atoms with Gasteiger partial charge in [0.25, 0.3) is 5.91 Å². The molecule has 3 saturated heterocycles. The lowest BCUT2D eigenvalue weighted by Crippen LogP contribution is -2.65. The number of rotatable bonds is 8. The van der Waals surface area contributed by atoms with E-state index in [-0.39, 0.29) is 37.5 Å². The molecule has 42 heavy (non-hydrogen) atoms. The molecule has 0 bridgehead atoms. The van der Waals surface area contributed by atoms with Crippen LogP contribution in [0, 0.1) is 0 Å². The van der Waals surface area contributed by atoms with Crippen LogP contribution in [-0.4, -0.2) is 88.9 Å². The number of amides is 5. The molecule has 228 valence electrons. The average Bonchev–Trinajstić information content (AvgIpc) is 3.50. The first-order chi connectivity index (χ1) is 20.2. The lowest BCUT2D eigenvalue weighted by molar-refractivity contribution is -0.144. The van der Waals surface area contributed by atoms with Crippen molar-refractivity contribution in [2.45, 2.75) is 102 Å². The van der Waals surface area contributed by atoms with Gasteiger partial charge in [0.1, 0.15) is 30.0 Å². The molecule has 4 atom stereocenters. The highest BCUT2D eigenvalue weighted by Crippen LogP contribution is 2.22. The van der Waals surface area contributed by atoms with E-state index in [0.29, 0.717) is 31.4 Å². The molecule has 3 N–H and O–H groups in total. The summed E-state index contributed by atoms with van der Waals surface area (Å²) in [7, 11) is 0. The molecule has 4 rings (SSSR count). The molecule has 3 fully saturated rings. The molecule has 1 aromatic carbocycles. The van der Waals surface area contributed by atoms with Crippen LogP contribution in [0.3, 0.4) is 0 Å². The third kappa shape index (κ3) is 7.17. The van der Waals surface area contributed by atoms with E-state index in [1.54, 1.807) is 38.1 Å². The lowest BCUT2D eigenvalue weighted by Gasteiger charge is -2.36. The van der Waals surface area contributed by atoms with Crippen LogP contribution in [0.15, 0.2) is 24.3 Å². The summed E-state index contributed by atoms with van der Waals surface area (Å²) in [4.78, 5) is 81.4. The van der Waals surface area contributed by atoms with Gasteiger partial charge in [0.15, 0.2) is 0 Å². The van der Waals surface area contributed by atoms with Crippen molar-refractivity contribution in [3.8, 4) is 0 Å². The van der Waals surface area contributed by atoms with Gasteiger partial charge in [-0.1, -0.05) is 19.1 Å². The van der Waals surface area contributed by atoms with Crippen LogP contribution < -0.4 is 16.0 Å². The van der Waals surface area contributed by atoms with Crippen molar-refractivity contribution >= 4 is 35.8 Å². The monoisotopic (exact) mass is 581 g/mol. The number of carbonyl (C=O) groups excluding carboxylic acids is 6. The summed E-state index contributed by atoms with van der Waals surface area (Å²) in [6, 6.07) is 4.43. The molecule has 0 aromatic heterocycles. The topological polar surface area (TPSA) is 145 Å². The summed E-state index contributed by atoms with van der Waals surface area (Å²) >= 11 is 0.